The number of halogens is 1. The largest absolute Gasteiger partial charge is 0.343 e. The maximum absolute atomic E-state index is 12.5. The molecule has 20 heavy (non-hydrogen) atoms. The van der Waals surface area contributed by atoms with Crippen molar-refractivity contribution < 1.29 is 9.59 Å². The summed E-state index contributed by atoms with van der Waals surface area (Å²) in [4.78, 5) is 26.3. The molecule has 0 spiro atoms. The number of benzene rings is 1. The lowest BCUT2D eigenvalue weighted by Gasteiger charge is -2.40. The van der Waals surface area contributed by atoms with Crippen LogP contribution in [-0.4, -0.2) is 23.9 Å². The van der Waals surface area contributed by atoms with E-state index in [-0.39, 0.29) is 17.7 Å². The van der Waals surface area contributed by atoms with Crippen molar-refractivity contribution in [3.63, 3.8) is 0 Å². The van der Waals surface area contributed by atoms with Crippen LogP contribution in [0.3, 0.4) is 0 Å². The summed E-state index contributed by atoms with van der Waals surface area (Å²) in [7, 11) is 0. The highest BCUT2D eigenvalue weighted by atomic mass is 35.5. The van der Waals surface area contributed by atoms with E-state index in [0.717, 1.165) is 5.56 Å². The van der Waals surface area contributed by atoms with Crippen LogP contribution in [0.15, 0.2) is 18.2 Å². The third-order valence-electron chi connectivity index (χ3n) is 3.58. The number of anilines is 1. The van der Waals surface area contributed by atoms with Crippen molar-refractivity contribution in [2.24, 2.45) is 5.92 Å². The second-order valence-corrected chi connectivity index (χ2v) is 5.99. The normalized spacial score (nSPS) is 23.2. The smallest absolute Gasteiger partial charge is 0.250 e. The van der Waals surface area contributed by atoms with Gasteiger partial charge in [0.05, 0.1) is 0 Å². The van der Waals surface area contributed by atoms with Crippen molar-refractivity contribution >= 4 is 29.1 Å². The zero-order chi connectivity index (χ0) is 15.0. The highest BCUT2D eigenvalue weighted by Gasteiger charge is 2.41. The standard InChI is InChI=1S/C15H19ClN2O2/c1-8(2)13-14(19)17-10(4)15(20)18(13)12-7-11(16)6-5-9(12)3/h5-8,10,13H,1-4H3,(H,17,19). The molecule has 1 aromatic carbocycles. The van der Waals surface area contributed by atoms with Crippen LogP contribution < -0.4 is 10.2 Å². The fourth-order valence-corrected chi connectivity index (χ4v) is 2.70. The SMILES string of the molecule is Cc1ccc(Cl)cc1N1C(=O)C(C)NC(=O)C1C(C)C. The molecule has 2 unspecified atom stereocenters. The number of aryl methyl sites for hydroxylation is 1. The molecule has 0 aliphatic carbocycles. The van der Waals surface area contributed by atoms with Gasteiger partial charge in [-0.25, -0.2) is 0 Å². The average Bonchev–Trinajstić information content (AvgIpc) is 2.36. The van der Waals surface area contributed by atoms with Gasteiger partial charge in [0.2, 0.25) is 11.8 Å². The molecule has 1 aliphatic heterocycles. The van der Waals surface area contributed by atoms with Gasteiger partial charge in [-0.2, -0.15) is 0 Å². The number of nitrogens with zero attached hydrogens (tertiary/aromatic N) is 1. The zero-order valence-electron chi connectivity index (χ0n) is 12.1. The Hall–Kier alpha value is -1.55. The number of hydrogen-bond donors (Lipinski definition) is 1. The molecule has 108 valence electrons. The van der Waals surface area contributed by atoms with Crippen LogP contribution in [0.1, 0.15) is 26.3 Å². The Bertz CT molecular complexity index is 557. The molecule has 1 N–H and O–H groups in total. The van der Waals surface area contributed by atoms with E-state index < -0.39 is 12.1 Å². The second kappa shape index (κ2) is 5.44. The Morgan fingerprint density at radius 1 is 1.30 bits per heavy atom. The molecule has 0 saturated carbocycles. The average molecular weight is 295 g/mol. The van der Waals surface area contributed by atoms with Gasteiger partial charge in [-0.05, 0) is 37.5 Å². The Morgan fingerprint density at radius 2 is 1.95 bits per heavy atom. The number of piperazine rings is 1. The van der Waals surface area contributed by atoms with Gasteiger partial charge in [-0.1, -0.05) is 31.5 Å². The molecule has 2 amide bonds. The number of rotatable bonds is 2. The number of carbonyl (C=O) groups is 2. The molecule has 0 bridgehead atoms. The summed E-state index contributed by atoms with van der Waals surface area (Å²) < 4.78 is 0. The van der Waals surface area contributed by atoms with Crippen molar-refractivity contribution in [1.82, 2.24) is 5.32 Å². The predicted octanol–water partition coefficient (Wildman–Crippen LogP) is 2.52. The van der Waals surface area contributed by atoms with Gasteiger partial charge in [0.1, 0.15) is 12.1 Å². The maximum atomic E-state index is 12.5. The van der Waals surface area contributed by atoms with Crippen LogP contribution in [0.5, 0.6) is 0 Å². The van der Waals surface area contributed by atoms with Crippen molar-refractivity contribution in [2.45, 2.75) is 39.8 Å². The summed E-state index contributed by atoms with van der Waals surface area (Å²) in [6.45, 7) is 7.47. The van der Waals surface area contributed by atoms with Gasteiger partial charge < -0.3 is 5.32 Å². The molecule has 1 fully saturated rings. The molecule has 1 aliphatic rings. The minimum absolute atomic E-state index is 0.0184. The third-order valence-corrected chi connectivity index (χ3v) is 3.81. The first-order valence-corrected chi connectivity index (χ1v) is 7.10. The highest BCUT2D eigenvalue weighted by molar-refractivity contribution is 6.31. The monoisotopic (exact) mass is 294 g/mol. The molecule has 2 rings (SSSR count). The van der Waals surface area contributed by atoms with Crippen LogP contribution in [0.2, 0.25) is 5.02 Å². The van der Waals surface area contributed by atoms with Gasteiger partial charge in [-0.15, -0.1) is 0 Å². The lowest BCUT2D eigenvalue weighted by molar-refractivity contribution is -0.134. The van der Waals surface area contributed by atoms with E-state index in [1.165, 1.54) is 0 Å². The number of hydrogen-bond acceptors (Lipinski definition) is 2. The van der Waals surface area contributed by atoms with E-state index in [1.54, 1.807) is 24.0 Å². The Labute approximate surface area is 124 Å². The van der Waals surface area contributed by atoms with Crippen LogP contribution in [-0.2, 0) is 9.59 Å². The van der Waals surface area contributed by atoms with Gasteiger partial charge in [-0.3, -0.25) is 14.5 Å². The Morgan fingerprint density at radius 3 is 2.55 bits per heavy atom. The second-order valence-electron chi connectivity index (χ2n) is 5.56. The lowest BCUT2D eigenvalue weighted by atomic mass is 9.96. The quantitative estimate of drug-likeness (QED) is 0.911. The molecular formula is C15H19ClN2O2. The first-order chi connectivity index (χ1) is 9.32. The van der Waals surface area contributed by atoms with Crippen LogP contribution >= 0.6 is 11.6 Å². The molecular weight excluding hydrogens is 276 g/mol. The molecule has 1 heterocycles. The van der Waals surface area contributed by atoms with E-state index in [0.29, 0.717) is 10.7 Å². The fraction of sp³-hybridized carbons (Fsp3) is 0.467. The molecule has 1 saturated heterocycles. The minimum atomic E-state index is -0.518. The van der Waals surface area contributed by atoms with Crippen LogP contribution in [0.25, 0.3) is 0 Å². The van der Waals surface area contributed by atoms with Gasteiger partial charge >= 0.3 is 0 Å². The van der Waals surface area contributed by atoms with Crippen LogP contribution in [0, 0.1) is 12.8 Å². The maximum Gasteiger partial charge on any atom is 0.250 e. The van der Waals surface area contributed by atoms with E-state index in [2.05, 4.69) is 5.32 Å². The summed E-state index contributed by atoms with van der Waals surface area (Å²) in [5, 5.41) is 3.29. The minimum Gasteiger partial charge on any atom is -0.343 e. The molecule has 2 atom stereocenters. The summed E-state index contributed by atoms with van der Waals surface area (Å²) in [5.74, 6) is -0.204. The van der Waals surface area contributed by atoms with Crippen molar-refractivity contribution in [3.05, 3.63) is 28.8 Å². The fourth-order valence-electron chi connectivity index (χ4n) is 2.54. The molecule has 4 nitrogen and oxygen atoms in total. The summed E-state index contributed by atoms with van der Waals surface area (Å²) in [5.41, 5.74) is 1.64. The lowest BCUT2D eigenvalue weighted by Crippen LogP contribution is -2.64. The number of amides is 2. The van der Waals surface area contributed by atoms with Crippen molar-refractivity contribution in [2.75, 3.05) is 4.90 Å². The van der Waals surface area contributed by atoms with Gasteiger partial charge in [0.25, 0.3) is 0 Å². The van der Waals surface area contributed by atoms with Crippen LogP contribution in [0.4, 0.5) is 5.69 Å². The van der Waals surface area contributed by atoms with Crippen molar-refractivity contribution in [3.8, 4) is 0 Å². The van der Waals surface area contributed by atoms with E-state index >= 15 is 0 Å². The Kier molecular flexibility index (Phi) is 4.04. The highest BCUT2D eigenvalue weighted by Crippen LogP contribution is 2.30. The first-order valence-electron chi connectivity index (χ1n) is 6.72. The number of nitrogens with one attached hydrogen (secondary N) is 1. The summed E-state index contributed by atoms with van der Waals surface area (Å²) in [6, 6.07) is 4.37. The Balaban J connectivity index is 2.55. The van der Waals surface area contributed by atoms with E-state index in [9.17, 15) is 9.59 Å². The summed E-state index contributed by atoms with van der Waals surface area (Å²) in [6.07, 6.45) is 0. The molecule has 0 aromatic heterocycles. The summed E-state index contributed by atoms with van der Waals surface area (Å²) >= 11 is 6.05. The molecule has 1 aromatic rings. The van der Waals surface area contributed by atoms with Crippen molar-refractivity contribution in [1.29, 1.82) is 0 Å². The number of carbonyl (C=O) groups excluding carboxylic acids is 2. The van der Waals surface area contributed by atoms with E-state index in [4.69, 9.17) is 11.6 Å². The molecule has 0 radical (unpaired) electrons. The van der Waals surface area contributed by atoms with Gasteiger partial charge in [0.15, 0.2) is 0 Å². The molecule has 5 heteroatoms. The first kappa shape index (κ1) is 14.9. The zero-order valence-corrected chi connectivity index (χ0v) is 12.9. The topological polar surface area (TPSA) is 49.4 Å². The van der Waals surface area contributed by atoms with E-state index in [1.807, 2.05) is 26.8 Å². The van der Waals surface area contributed by atoms with Gasteiger partial charge in [0, 0.05) is 10.7 Å². The third kappa shape index (κ3) is 2.52. The predicted molar refractivity (Wildman–Crippen MR) is 79.9 cm³/mol.